The van der Waals surface area contributed by atoms with Gasteiger partial charge in [0.15, 0.2) is 0 Å². The highest BCUT2D eigenvalue weighted by atomic mass is 15.2. The number of rotatable bonds is 4. The van der Waals surface area contributed by atoms with Gasteiger partial charge in [-0.2, -0.15) is 0 Å². The van der Waals surface area contributed by atoms with E-state index in [2.05, 4.69) is 28.3 Å². The third kappa shape index (κ3) is 3.68. The van der Waals surface area contributed by atoms with Gasteiger partial charge in [-0.15, -0.1) is 0 Å². The van der Waals surface area contributed by atoms with Crippen molar-refractivity contribution >= 4 is 5.82 Å². The third-order valence-electron chi connectivity index (χ3n) is 3.90. The van der Waals surface area contributed by atoms with Gasteiger partial charge in [0, 0.05) is 12.7 Å². The first-order chi connectivity index (χ1) is 8.81. The van der Waals surface area contributed by atoms with E-state index in [9.17, 15) is 0 Å². The monoisotopic (exact) mass is 248 g/mol. The average Bonchev–Trinajstić information content (AvgIpc) is 2.65. The molecule has 2 heterocycles. The molecule has 0 radical (unpaired) electrons. The standard InChI is InChI=1S/C14H24N4/c1-2-12-4-3-8-18(9-7-12)11-13-5-6-14(17-15)16-10-13/h5-6,10,12H,2-4,7-9,11,15H2,1H3,(H,16,17). The van der Waals surface area contributed by atoms with Gasteiger partial charge in [-0.25, -0.2) is 10.8 Å². The fourth-order valence-corrected chi connectivity index (χ4v) is 2.65. The van der Waals surface area contributed by atoms with Crippen LogP contribution in [0.4, 0.5) is 5.82 Å². The molecule has 1 atom stereocenters. The Morgan fingerprint density at radius 1 is 1.39 bits per heavy atom. The topological polar surface area (TPSA) is 54.2 Å². The van der Waals surface area contributed by atoms with Crippen molar-refractivity contribution in [3.05, 3.63) is 23.9 Å². The van der Waals surface area contributed by atoms with Crippen molar-refractivity contribution in [1.29, 1.82) is 0 Å². The molecule has 18 heavy (non-hydrogen) atoms. The van der Waals surface area contributed by atoms with Crippen molar-refractivity contribution in [2.24, 2.45) is 11.8 Å². The van der Waals surface area contributed by atoms with Gasteiger partial charge in [0.25, 0.3) is 0 Å². The maximum atomic E-state index is 5.31. The van der Waals surface area contributed by atoms with Crippen LogP contribution in [0.15, 0.2) is 18.3 Å². The molecule has 2 rings (SSSR count). The molecule has 0 spiro atoms. The van der Waals surface area contributed by atoms with E-state index in [1.54, 1.807) is 0 Å². The molecule has 0 aliphatic carbocycles. The lowest BCUT2D eigenvalue weighted by Gasteiger charge is -2.20. The molecule has 1 saturated heterocycles. The molecule has 1 aliphatic rings. The van der Waals surface area contributed by atoms with Crippen LogP contribution in [0.1, 0.15) is 38.2 Å². The highest BCUT2D eigenvalue weighted by molar-refractivity contribution is 5.33. The minimum Gasteiger partial charge on any atom is -0.308 e. The minimum atomic E-state index is 0.723. The Bertz CT molecular complexity index is 349. The number of nitrogens with two attached hydrogens (primary N) is 1. The molecule has 0 aromatic carbocycles. The van der Waals surface area contributed by atoms with Crippen LogP contribution in [0.2, 0.25) is 0 Å². The Morgan fingerprint density at radius 3 is 2.94 bits per heavy atom. The lowest BCUT2D eigenvalue weighted by Crippen LogP contribution is -2.24. The normalized spacial score (nSPS) is 21.6. The zero-order valence-corrected chi connectivity index (χ0v) is 11.2. The van der Waals surface area contributed by atoms with Gasteiger partial charge < -0.3 is 5.43 Å². The summed E-state index contributed by atoms with van der Waals surface area (Å²) in [6.45, 7) is 5.75. The summed E-state index contributed by atoms with van der Waals surface area (Å²) in [6.07, 6.45) is 7.30. The molecule has 1 aliphatic heterocycles. The van der Waals surface area contributed by atoms with Crippen LogP contribution in [0.5, 0.6) is 0 Å². The molecule has 1 unspecified atom stereocenters. The number of nitrogens with one attached hydrogen (secondary N) is 1. The van der Waals surface area contributed by atoms with E-state index in [0.29, 0.717) is 0 Å². The van der Waals surface area contributed by atoms with Crippen LogP contribution < -0.4 is 11.3 Å². The van der Waals surface area contributed by atoms with E-state index in [0.717, 1.165) is 18.3 Å². The van der Waals surface area contributed by atoms with E-state index in [1.807, 2.05) is 12.3 Å². The molecule has 1 aromatic rings. The summed E-state index contributed by atoms with van der Waals surface area (Å²) < 4.78 is 0. The zero-order valence-electron chi connectivity index (χ0n) is 11.2. The quantitative estimate of drug-likeness (QED) is 0.634. The van der Waals surface area contributed by atoms with Crippen molar-refractivity contribution in [1.82, 2.24) is 9.88 Å². The van der Waals surface area contributed by atoms with Crippen LogP contribution >= 0.6 is 0 Å². The molecular weight excluding hydrogens is 224 g/mol. The highest BCUT2D eigenvalue weighted by Gasteiger charge is 2.15. The van der Waals surface area contributed by atoms with Crippen molar-refractivity contribution in [3.63, 3.8) is 0 Å². The molecule has 0 saturated carbocycles. The van der Waals surface area contributed by atoms with Gasteiger partial charge in [0.05, 0.1) is 0 Å². The second-order valence-corrected chi connectivity index (χ2v) is 5.18. The van der Waals surface area contributed by atoms with Gasteiger partial charge in [0.1, 0.15) is 5.82 Å². The number of likely N-dealkylation sites (tertiary alicyclic amines) is 1. The van der Waals surface area contributed by atoms with Crippen LogP contribution in [-0.4, -0.2) is 23.0 Å². The maximum absolute atomic E-state index is 5.31. The molecule has 0 amide bonds. The van der Waals surface area contributed by atoms with Gasteiger partial charge >= 0.3 is 0 Å². The van der Waals surface area contributed by atoms with Crippen molar-refractivity contribution in [2.45, 2.75) is 39.2 Å². The third-order valence-corrected chi connectivity index (χ3v) is 3.90. The summed E-state index contributed by atoms with van der Waals surface area (Å²) in [6, 6.07) is 4.03. The maximum Gasteiger partial charge on any atom is 0.139 e. The van der Waals surface area contributed by atoms with E-state index in [-0.39, 0.29) is 0 Å². The highest BCUT2D eigenvalue weighted by Crippen LogP contribution is 2.21. The molecular formula is C14H24N4. The molecule has 4 heteroatoms. The van der Waals surface area contributed by atoms with Gasteiger partial charge in [0.2, 0.25) is 0 Å². The first kappa shape index (κ1) is 13.3. The predicted octanol–water partition coefficient (Wildman–Crippen LogP) is 2.38. The average molecular weight is 248 g/mol. The van der Waals surface area contributed by atoms with Crippen molar-refractivity contribution in [3.8, 4) is 0 Å². The number of hydrogen-bond acceptors (Lipinski definition) is 4. The molecule has 100 valence electrons. The van der Waals surface area contributed by atoms with Gasteiger partial charge in [-0.1, -0.05) is 19.4 Å². The van der Waals surface area contributed by atoms with Crippen LogP contribution in [0.3, 0.4) is 0 Å². The van der Waals surface area contributed by atoms with E-state index in [1.165, 1.54) is 44.3 Å². The smallest absolute Gasteiger partial charge is 0.139 e. The van der Waals surface area contributed by atoms with Crippen LogP contribution in [0.25, 0.3) is 0 Å². The van der Waals surface area contributed by atoms with E-state index < -0.39 is 0 Å². The Morgan fingerprint density at radius 2 is 2.28 bits per heavy atom. The Kier molecular flexibility index (Phi) is 4.96. The molecule has 4 nitrogen and oxygen atoms in total. The van der Waals surface area contributed by atoms with E-state index >= 15 is 0 Å². The number of hydrazine groups is 1. The number of pyridine rings is 1. The number of anilines is 1. The van der Waals surface area contributed by atoms with Crippen LogP contribution in [-0.2, 0) is 6.54 Å². The summed E-state index contributed by atoms with van der Waals surface area (Å²) in [5.74, 6) is 6.96. The Hall–Kier alpha value is -1.13. The largest absolute Gasteiger partial charge is 0.308 e. The second kappa shape index (κ2) is 6.71. The first-order valence-electron chi connectivity index (χ1n) is 6.95. The zero-order chi connectivity index (χ0) is 12.8. The Balaban J connectivity index is 1.88. The Labute approximate surface area is 110 Å². The lowest BCUT2D eigenvalue weighted by atomic mass is 9.98. The van der Waals surface area contributed by atoms with Crippen molar-refractivity contribution in [2.75, 3.05) is 18.5 Å². The SMILES string of the molecule is CCC1CCCN(Cc2ccc(NN)nc2)CC1. The molecule has 3 N–H and O–H groups in total. The predicted molar refractivity (Wildman–Crippen MR) is 75.0 cm³/mol. The number of hydrogen-bond donors (Lipinski definition) is 2. The molecule has 0 bridgehead atoms. The summed E-state index contributed by atoms with van der Waals surface area (Å²) in [5.41, 5.74) is 3.82. The first-order valence-corrected chi connectivity index (χ1v) is 6.95. The summed E-state index contributed by atoms with van der Waals surface area (Å²) >= 11 is 0. The summed E-state index contributed by atoms with van der Waals surface area (Å²) in [4.78, 5) is 6.80. The fraction of sp³-hybridized carbons (Fsp3) is 0.643. The van der Waals surface area contributed by atoms with Gasteiger partial charge in [-0.3, -0.25) is 4.90 Å². The fourth-order valence-electron chi connectivity index (χ4n) is 2.65. The lowest BCUT2D eigenvalue weighted by molar-refractivity contribution is 0.272. The van der Waals surface area contributed by atoms with Gasteiger partial charge in [-0.05, 0) is 49.9 Å². The summed E-state index contributed by atoms with van der Waals surface area (Å²) in [5, 5.41) is 0. The number of nitrogens with zero attached hydrogens (tertiary/aromatic N) is 2. The number of aromatic nitrogens is 1. The van der Waals surface area contributed by atoms with Crippen molar-refractivity contribution < 1.29 is 0 Å². The molecule has 1 aromatic heterocycles. The van der Waals surface area contributed by atoms with E-state index in [4.69, 9.17) is 5.84 Å². The minimum absolute atomic E-state index is 0.723. The van der Waals surface area contributed by atoms with Crippen LogP contribution in [0, 0.1) is 5.92 Å². The molecule has 1 fully saturated rings. The summed E-state index contributed by atoms with van der Waals surface area (Å²) in [7, 11) is 0. The second-order valence-electron chi connectivity index (χ2n) is 5.18. The number of nitrogen functional groups attached to an aromatic ring is 1.